The second kappa shape index (κ2) is 9.89. The second-order valence-corrected chi connectivity index (χ2v) is 19.4. The molecule has 174 valence electrons. The smallest absolute Gasteiger partial charge is 0.275 e. The zero-order valence-corrected chi connectivity index (χ0v) is 23.8. The first-order chi connectivity index (χ1) is 12.8. The zero-order chi connectivity index (χ0) is 22.9. The van der Waals surface area contributed by atoms with E-state index in [1.54, 1.807) is 0 Å². The molecular weight excluding hydrogens is 523 g/mol. The van der Waals surface area contributed by atoms with E-state index in [0.717, 1.165) is 12.8 Å². The first-order valence-corrected chi connectivity index (χ1v) is 16.6. The Morgan fingerprint density at radius 3 is 1.90 bits per heavy atom. The normalized spacial score (nSPS) is 22.1. The van der Waals surface area contributed by atoms with Crippen LogP contribution in [-0.2, 0) is 22.9 Å². The summed E-state index contributed by atoms with van der Waals surface area (Å²) in [5.41, 5.74) is -0.733. The molecule has 3 unspecified atom stereocenters. The van der Waals surface area contributed by atoms with Crippen molar-refractivity contribution in [3.63, 3.8) is 0 Å². The zero-order valence-electron chi connectivity index (χ0n) is 19.9. The molecule has 0 aromatic rings. The van der Waals surface area contributed by atoms with Crippen LogP contribution < -0.4 is 5.09 Å². The second-order valence-electron chi connectivity index (χ2n) is 10.4. The fraction of sp³-hybridized carbons (Fsp3) is 1.00. The number of hydrogen-bond acceptors (Lipinski definition) is 5. The molecule has 0 aromatic heterocycles. The van der Waals surface area contributed by atoms with Gasteiger partial charge in [0, 0.05) is 28.1 Å². The molecule has 0 aliphatic heterocycles. The Morgan fingerprint density at radius 1 is 1.00 bits per heavy atom. The Balaban J connectivity index is 2.83. The van der Waals surface area contributed by atoms with Crippen LogP contribution in [0.5, 0.6) is 0 Å². The highest BCUT2D eigenvalue weighted by Crippen LogP contribution is 2.70. The minimum atomic E-state index is -3.07. The number of halogens is 1. The summed E-state index contributed by atoms with van der Waals surface area (Å²) in [5, 5.41) is -0.918. The molecule has 1 fully saturated rings. The van der Waals surface area contributed by atoms with Crippen LogP contribution in [0, 0.1) is 0 Å². The van der Waals surface area contributed by atoms with Crippen molar-refractivity contribution in [1.29, 1.82) is 0 Å². The highest BCUT2D eigenvalue weighted by molar-refractivity contribution is 14.2. The molecule has 0 amide bonds. The third-order valence-corrected chi connectivity index (χ3v) is 15.8. The molecule has 29 heavy (non-hydrogen) atoms. The van der Waals surface area contributed by atoms with Gasteiger partial charge in [-0.2, -0.15) is 0 Å². The third-order valence-electron chi connectivity index (χ3n) is 5.84. The maximum absolute atomic E-state index is 13.6. The van der Waals surface area contributed by atoms with Crippen LogP contribution in [0.15, 0.2) is 0 Å². The molecule has 6 nitrogen and oxygen atoms in total. The summed E-state index contributed by atoms with van der Waals surface area (Å²) in [6.45, 7) is 19.4. The average molecular weight is 565 g/mol. The number of nitrogens with one attached hydrogen (secondary N) is 1. The maximum Gasteiger partial charge on any atom is 0.275 e. The first-order valence-electron chi connectivity index (χ1n) is 10.5. The summed E-state index contributed by atoms with van der Waals surface area (Å²) < 4.78 is 44.9. The van der Waals surface area contributed by atoms with E-state index in [-0.39, 0.29) is 24.9 Å². The fourth-order valence-electron chi connectivity index (χ4n) is 2.67. The molecule has 0 saturated heterocycles. The van der Waals surface area contributed by atoms with E-state index in [0.29, 0.717) is 0 Å². The van der Waals surface area contributed by atoms with Crippen LogP contribution >= 0.6 is 34.6 Å². The van der Waals surface area contributed by atoms with Crippen molar-refractivity contribution in [3.8, 4) is 0 Å². The maximum atomic E-state index is 13.6. The average Bonchev–Trinajstić information content (AvgIpc) is 2.46. The van der Waals surface area contributed by atoms with Gasteiger partial charge in [0.05, 0.1) is 34.7 Å². The molecule has 1 rings (SSSR count). The summed E-state index contributed by atoms with van der Waals surface area (Å²) in [5.74, 6) is 0. The topological polar surface area (TPSA) is 73.9 Å². The van der Waals surface area contributed by atoms with Gasteiger partial charge in [0.1, 0.15) is 0 Å². The van der Waals surface area contributed by atoms with E-state index in [4.69, 9.17) is 13.8 Å². The lowest BCUT2D eigenvalue weighted by atomic mass is 9.93. The van der Waals surface area contributed by atoms with Gasteiger partial charge in [-0.3, -0.25) is 9.13 Å². The van der Waals surface area contributed by atoms with Crippen molar-refractivity contribution in [2.24, 2.45) is 0 Å². The minimum Gasteiger partial charge on any atom is -0.372 e. The first kappa shape index (κ1) is 28.1. The van der Waals surface area contributed by atoms with Crippen molar-refractivity contribution >= 4 is 34.6 Å². The monoisotopic (exact) mass is 565 g/mol. The molecule has 1 aliphatic rings. The summed E-state index contributed by atoms with van der Waals surface area (Å²) in [4.78, 5) is 0. The van der Waals surface area contributed by atoms with E-state index in [9.17, 15) is 9.13 Å². The Hall–Kier alpha value is 1.03. The standard InChI is InChI=1S/C20H42INO5P2/c1-15(2)26-28(21,23)20(9,10)19(7,8)25-14-16(3)27-29(24,18(4,5)6)22-17-12-11-13-17/h15-17H,11-14H2,1-10H3,(H,22,24). The molecule has 0 aromatic carbocycles. The van der Waals surface area contributed by atoms with Gasteiger partial charge in [0.15, 0.2) is 0 Å². The van der Waals surface area contributed by atoms with E-state index in [1.165, 1.54) is 6.42 Å². The van der Waals surface area contributed by atoms with Gasteiger partial charge in [0.2, 0.25) is 0 Å². The van der Waals surface area contributed by atoms with Gasteiger partial charge >= 0.3 is 0 Å². The number of rotatable bonds is 11. The molecule has 3 atom stereocenters. The summed E-state index contributed by atoms with van der Waals surface area (Å²) in [7, 11) is -3.07. The summed E-state index contributed by atoms with van der Waals surface area (Å²) >= 11 is 1.94. The van der Waals surface area contributed by atoms with E-state index < -0.39 is 28.4 Å². The molecule has 1 saturated carbocycles. The van der Waals surface area contributed by atoms with E-state index in [2.05, 4.69) is 5.09 Å². The predicted molar refractivity (Wildman–Crippen MR) is 131 cm³/mol. The highest BCUT2D eigenvalue weighted by atomic mass is 127. The predicted octanol–water partition coefficient (Wildman–Crippen LogP) is 7.15. The van der Waals surface area contributed by atoms with Crippen molar-refractivity contribution in [2.45, 2.75) is 123 Å². The van der Waals surface area contributed by atoms with Crippen molar-refractivity contribution in [1.82, 2.24) is 5.09 Å². The molecule has 1 aliphatic carbocycles. The van der Waals surface area contributed by atoms with Gasteiger partial charge in [-0.15, -0.1) is 0 Å². The van der Waals surface area contributed by atoms with Gasteiger partial charge in [0.25, 0.3) is 12.5 Å². The molecule has 0 bridgehead atoms. The SMILES string of the molecule is CC(C)OP(=O)(I)C(C)(C)C(C)(C)OCC(C)OP(=O)(NC1CCC1)C(C)(C)C. The largest absolute Gasteiger partial charge is 0.372 e. The highest BCUT2D eigenvalue weighted by Gasteiger charge is 2.52. The van der Waals surface area contributed by atoms with E-state index in [1.807, 2.05) is 91.3 Å². The van der Waals surface area contributed by atoms with Gasteiger partial charge < -0.3 is 13.8 Å². The van der Waals surface area contributed by atoms with E-state index >= 15 is 0 Å². The fourth-order valence-corrected chi connectivity index (χ4v) is 9.36. The van der Waals surface area contributed by atoms with Crippen molar-refractivity contribution in [2.75, 3.05) is 6.61 Å². The molecule has 9 heteroatoms. The van der Waals surface area contributed by atoms with Crippen LogP contribution in [0.2, 0.25) is 0 Å². The Morgan fingerprint density at radius 2 is 1.52 bits per heavy atom. The van der Waals surface area contributed by atoms with Crippen LogP contribution in [-0.4, -0.2) is 40.8 Å². The van der Waals surface area contributed by atoms with Crippen LogP contribution in [0.1, 0.15) is 88.5 Å². The third kappa shape index (κ3) is 7.00. The quantitative estimate of drug-likeness (QED) is 0.212. The lowest BCUT2D eigenvalue weighted by Crippen LogP contribution is -2.48. The van der Waals surface area contributed by atoms with Crippen LogP contribution in [0.3, 0.4) is 0 Å². The lowest BCUT2D eigenvalue weighted by molar-refractivity contribution is -0.0698. The molecule has 0 spiro atoms. The summed E-state index contributed by atoms with van der Waals surface area (Å²) in [6.07, 6.45) is 2.73. The molecular formula is C20H42INO5P2. The Bertz CT molecular complexity index is 641. The summed E-state index contributed by atoms with van der Waals surface area (Å²) in [6, 6.07) is 0.265. The molecule has 0 radical (unpaired) electrons. The van der Waals surface area contributed by atoms with Gasteiger partial charge in [-0.05, 0) is 82.1 Å². The Kier molecular flexibility index (Phi) is 9.57. The molecule has 0 heterocycles. The van der Waals surface area contributed by atoms with Gasteiger partial charge in [-0.25, -0.2) is 5.09 Å². The Labute approximate surface area is 191 Å². The van der Waals surface area contributed by atoms with Crippen molar-refractivity contribution < 1.29 is 22.9 Å². The van der Waals surface area contributed by atoms with Gasteiger partial charge in [-0.1, -0.05) is 6.42 Å². The van der Waals surface area contributed by atoms with Crippen LogP contribution in [0.4, 0.5) is 0 Å². The number of hydrogen-bond donors (Lipinski definition) is 1. The molecule has 1 N–H and O–H groups in total. The minimum absolute atomic E-state index is 0.134. The van der Waals surface area contributed by atoms with Crippen molar-refractivity contribution in [3.05, 3.63) is 0 Å². The van der Waals surface area contributed by atoms with Crippen LogP contribution in [0.25, 0.3) is 0 Å². The number of ether oxygens (including phenoxy) is 1. The lowest BCUT2D eigenvalue weighted by Gasteiger charge is -2.44.